The molecule has 0 aromatic heterocycles. The van der Waals surface area contributed by atoms with E-state index in [9.17, 15) is 4.57 Å². The van der Waals surface area contributed by atoms with Gasteiger partial charge in [0.25, 0.3) is 0 Å². The molecule has 1 heterocycles. The minimum Gasteiger partial charge on any atom is -0.404 e. The molecule has 1 aliphatic rings. The van der Waals surface area contributed by atoms with Gasteiger partial charge in [0.1, 0.15) is 5.75 Å². The molecule has 22 heavy (non-hydrogen) atoms. The molecule has 116 valence electrons. The van der Waals surface area contributed by atoms with Gasteiger partial charge in [0.05, 0.1) is 0 Å². The Morgan fingerprint density at radius 3 is 2.82 bits per heavy atom. The molecule has 0 radical (unpaired) electrons. The maximum Gasteiger partial charge on any atom is 0.524 e. The summed E-state index contributed by atoms with van der Waals surface area (Å²) >= 11 is 0. The highest BCUT2D eigenvalue weighted by Gasteiger charge is 2.27. The molecule has 0 saturated heterocycles. The zero-order chi connectivity index (χ0) is 15.7. The molecule has 0 amide bonds. The lowest BCUT2D eigenvalue weighted by Crippen LogP contribution is -2.17. The van der Waals surface area contributed by atoms with Gasteiger partial charge in [-0.25, -0.2) is 4.57 Å². The number of benzene rings is 2. The second kappa shape index (κ2) is 5.65. The van der Waals surface area contributed by atoms with Crippen LogP contribution < -0.4 is 15.2 Å². The van der Waals surface area contributed by atoms with Gasteiger partial charge >= 0.3 is 7.82 Å². The molecule has 1 aliphatic heterocycles. The van der Waals surface area contributed by atoms with E-state index in [1.54, 1.807) is 18.3 Å². The standard InChI is InChI=1S/C15H17N2O4P/c1-2-16-8-10-9-17-13-7-14(21-22(18,19)20)11-5-3-4-6-12(11)15(10)13/h2-7,10,16-17H,1,8-9H2,(H2,18,19,20). The first kappa shape index (κ1) is 14.9. The summed E-state index contributed by atoms with van der Waals surface area (Å²) in [6.07, 6.45) is 1.66. The number of fused-ring (bicyclic) bond motifs is 3. The zero-order valence-corrected chi connectivity index (χ0v) is 12.7. The van der Waals surface area contributed by atoms with Crippen LogP contribution in [0.3, 0.4) is 0 Å². The van der Waals surface area contributed by atoms with Crippen molar-refractivity contribution >= 4 is 24.3 Å². The van der Waals surface area contributed by atoms with Gasteiger partial charge in [-0.1, -0.05) is 30.8 Å². The summed E-state index contributed by atoms with van der Waals surface area (Å²) in [5.41, 5.74) is 1.97. The summed E-state index contributed by atoms with van der Waals surface area (Å²) in [6.45, 7) is 5.15. The highest BCUT2D eigenvalue weighted by molar-refractivity contribution is 7.46. The molecule has 1 atom stereocenters. The molecule has 6 nitrogen and oxygen atoms in total. The van der Waals surface area contributed by atoms with Crippen molar-refractivity contribution in [3.63, 3.8) is 0 Å². The quantitative estimate of drug-likeness (QED) is 0.633. The SMILES string of the molecule is C=CNCC1CNc2cc(OP(=O)(O)O)c3ccccc3c21. The van der Waals surface area contributed by atoms with Gasteiger partial charge < -0.3 is 15.2 Å². The van der Waals surface area contributed by atoms with E-state index < -0.39 is 7.82 Å². The van der Waals surface area contributed by atoms with E-state index in [1.807, 2.05) is 18.2 Å². The average Bonchev–Trinajstić information content (AvgIpc) is 2.87. The summed E-state index contributed by atoms with van der Waals surface area (Å²) in [5, 5.41) is 8.01. The first-order valence-corrected chi connectivity index (χ1v) is 8.41. The van der Waals surface area contributed by atoms with Crippen LogP contribution in [0.4, 0.5) is 5.69 Å². The van der Waals surface area contributed by atoms with Crippen LogP contribution in [-0.4, -0.2) is 22.9 Å². The van der Waals surface area contributed by atoms with Gasteiger partial charge in [0.15, 0.2) is 0 Å². The number of phosphoric acid groups is 1. The van der Waals surface area contributed by atoms with Crippen molar-refractivity contribution in [2.24, 2.45) is 0 Å². The molecule has 7 heteroatoms. The van der Waals surface area contributed by atoms with Crippen molar-refractivity contribution in [3.05, 3.63) is 48.7 Å². The average molecular weight is 320 g/mol. The molecule has 2 aromatic rings. The van der Waals surface area contributed by atoms with Gasteiger partial charge in [0, 0.05) is 36.1 Å². The molecular formula is C15H17N2O4P. The third-order valence-electron chi connectivity index (χ3n) is 3.72. The fraction of sp³-hybridized carbons (Fsp3) is 0.200. The monoisotopic (exact) mass is 320 g/mol. The second-order valence-corrected chi connectivity index (χ2v) is 6.32. The van der Waals surface area contributed by atoms with Crippen molar-refractivity contribution in [2.75, 3.05) is 18.4 Å². The van der Waals surface area contributed by atoms with Crippen LogP contribution >= 0.6 is 7.82 Å². The van der Waals surface area contributed by atoms with E-state index in [0.717, 1.165) is 29.7 Å². The van der Waals surface area contributed by atoms with Crippen LogP contribution in [0.2, 0.25) is 0 Å². The fourth-order valence-corrected chi connectivity index (χ4v) is 3.30. The molecular weight excluding hydrogens is 303 g/mol. The minimum absolute atomic E-state index is 0.188. The van der Waals surface area contributed by atoms with Crippen LogP contribution in [0.1, 0.15) is 11.5 Å². The van der Waals surface area contributed by atoms with Crippen molar-refractivity contribution < 1.29 is 18.9 Å². The van der Waals surface area contributed by atoms with E-state index in [0.29, 0.717) is 5.39 Å². The summed E-state index contributed by atoms with van der Waals surface area (Å²) in [5.74, 6) is 0.439. The molecule has 0 saturated carbocycles. The third kappa shape index (κ3) is 2.81. The first-order chi connectivity index (χ1) is 10.5. The molecule has 4 N–H and O–H groups in total. The van der Waals surface area contributed by atoms with Gasteiger partial charge in [-0.3, -0.25) is 9.79 Å². The maximum atomic E-state index is 11.2. The van der Waals surface area contributed by atoms with E-state index in [2.05, 4.69) is 17.2 Å². The van der Waals surface area contributed by atoms with Crippen LogP contribution in [0.15, 0.2) is 43.1 Å². The van der Waals surface area contributed by atoms with Gasteiger partial charge in [-0.05, 0) is 17.1 Å². The van der Waals surface area contributed by atoms with Gasteiger partial charge in [0.2, 0.25) is 0 Å². The summed E-state index contributed by atoms with van der Waals surface area (Å²) in [6, 6.07) is 9.12. The minimum atomic E-state index is -4.60. The second-order valence-electron chi connectivity index (χ2n) is 5.15. The summed E-state index contributed by atoms with van der Waals surface area (Å²) in [4.78, 5) is 18.2. The van der Waals surface area contributed by atoms with E-state index in [-0.39, 0.29) is 11.7 Å². The van der Waals surface area contributed by atoms with E-state index in [1.165, 1.54) is 0 Å². The molecule has 0 aliphatic carbocycles. The predicted octanol–water partition coefficient (Wildman–Crippen LogP) is 2.55. The van der Waals surface area contributed by atoms with Crippen molar-refractivity contribution in [1.82, 2.24) is 5.32 Å². The number of hydrogen-bond donors (Lipinski definition) is 4. The van der Waals surface area contributed by atoms with Crippen LogP contribution in [0.5, 0.6) is 5.75 Å². The molecule has 2 aromatic carbocycles. The number of nitrogens with one attached hydrogen (secondary N) is 2. The number of rotatable bonds is 5. The lowest BCUT2D eigenvalue weighted by atomic mass is 9.94. The maximum absolute atomic E-state index is 11.2. The van der Waals surface area contributed by atoms with Gasteiger partial charge in [-0.15, -0.1) is 0 Å². The lowest BCUT2D eigenvalue weighted by molar-refractivity contribution is 0.284. The normalized spacial score (nSPS) is 16.9. The predicted molar refractivity (Wildman–Crippen MR) is 86.1 cm³/mol. The Hall–Kier alpha value is -2.01. The number of anilines is 1. The zero-order valence-electron chi connectivity index (χ0n) is 11.8. The highest BCUT2D eigenvalue weighted by Crippen LogP contribution is 2.46. The van der Waals surface area contributed by atoms with Crippen molar-refractivity contribution in [3.8, 4) is 5.75 Å². The van der Waals surface area contributed by atoms with Crippen LogP contribution in [0.25, 0.3) is 10.8 Å². The van der Waals surface area contributed by atoms with E-state index in [4.69, 9.17) is 14.3 Å². The van der Waals surface area contributed by atoms with Crippen molar-refractivity contribution in [1.29, 1.82) is 0 Å². The Labute approximate surface area is 128 Å². The summed E-state index contributed by atoms with van der Waals surface area (Å²) < 4.78 is 16.0. The third-order valence-corrected chi connectivity index (χ3v) is 4.16. The van der Waals surface area contributed by atoms with Crippen molar-refractivity contribution in [2.45, 2.75) is 5.92 Å². The van der Waals surface area contributed by atoms with Crippen LogP contribution in [-0.2, 0) is 4.57 Å². The molecule has 0 fully saturated rings. The molecule has 3 rings (SSSR count). The van der Waals surface area contributed by atoms with E-state index >= 15 is 0 Å². The Bertz CT molecular complexity index is 771. The number of hydrogen-bond acceptors (Lipinski definition) is 4. The fourth-order valence-electron chi connectivity index (χ4n) is 2.89. The Kier molecular flexibility index (Phi) is 3.83. The smallest absolute Gasteiger partial charge is 0.404 e. The van der Waals surface area contributed by atoms with Crippen LogP contribution in [0, 0.1) is 0 Å². The Morgan fingerprint density at radius 1 is 1.41 bits per heavy atom. The first-order valence-electron chi connectivity index (χ1n) is 6.88. The highest BCUT2D eigenvalue weighted by atomic mass is 31.2. The number of phosphoric ester groups is 1. The summed E-state index contributed by atoms with van der Waals surface area (Å²) in [7, 11) is -4.60. The molecule has 1 unspecified atom stereocenters. The Balaban J connectivity index is 2.14. The van der Waals surface area contributed by atoms with Gasteiger partial charge in [-0.2, -0.15) is 0 Å². The Morgan fingerprint density at radius 2 is 2.14 bits per heavy atom. The topological polar surface area (TPSA) is 90.8 Å². The molecule has 0 spiro atoms. The molecule has 0 bridgehead atoms. The lowest BCUT2D eigenvalue weighted by Gasteiger charge is -2.16. The largest absolute Gasteiger partial charge is 0.524 e.